The number of para-hydroxylation sites is 2. The SMILES string of the molecule is COc1ccc(C=CC(=O)N2c3ccccc3NC(=O)C2CC(=O)Nc2ccc(OC)cc2)cc1. The largest absolute Gasteiger partial charge is 0.497 e. The summed E-state index contributed by atoms with van der Waals surface area (Å²) in [6.07, 6.45) is 2.84. The summed E-state index contributed by atoms with van der Waals surface area (Å²) in [5.41, 5.74) is 2.39. The molecule has 0 saturated heterocycles. The molecule has 1 aliphatic heterocycles. The highest BCUT2D eigenvalue weighted by Crippen LogP contribution is 2.33. The van der Waals surface area contributed by atoms with Gasteiger partial charge in [-0.1, -0.05) is 24.3 Å². The summed E-state index contributed by atoms with van der Waals surface area (Å²) in [7, 11) is 3.14. The molecule has 0 saturated carbocycles. The van der Waals surface area contributed by atoms with Gasteiger partial charge in [0.25, 0.3) is 5.91 Å². The lowest BCUT2D eigenvalue weighted by molar-refractivity contribution is -0.124. The average molecular weight is 472 g/mol. The van der Waals surface area contributed by atoms with E-state index in [0.717, 1.165) is 5.56 Å². The van der Waals surface area contributed by atoms with Crippen molar-refractivity contribution in [1.29, 1.82) is 0 Å². The Morgan fingerprint density at radius 3 is 2.23 bits per heavy atom. The smallest absolute Gasteiger partial charge is 0.251 e. The van der Waals surface area contributed by atoms with Crippen LogP contribution in [0.4, 0.5) is 17.1 Å². The predicted molar refractivity (Wildman–Crippen MR) is 135 cm³/mol. The molecule has 8 nitrogen and oxygen atoms in total. The van der Waals surface area contributed by atoms with Gasteiger partial charge < -0.3 is 20.1 Å². The van der Waals surface area contributed by atoms with Crippen molar-refractivity contribution in [2.24, 2.45) is 0 Å². The van der Waals surface area contributed by atoms with E-state index in [9.17, 15) is 14.4 Å². The number of hydrogen-bond acceptors (Lipinski definition) is 5. The van der Waals surface area contributed by atoms with Gasteiger partial charge in [-0.25, -0.2) is 0 Å². The number of nitrogens with one attached hydrogen (secondary N) is 2. The molecule has 0 aromatic heterocycles. The lowest BCUT2D eigenvalue weighted by Gasteiger charge is -2.35. The third-order valence-corrected chi connectivity index (χ3v) is 5.56. The first-order valence-electron chi connectivity index (χ1n) is 11.0. The van der Waals surface area contributed by atoms with Gasteiger partial charge >= 0.3 is 0 Å². The van der Waals surface area contributed by atoms with Crippen LogP contribution in [0.2, 0.25) is 0 Å². The molecule has 178 valence electrons. The maximum atomic E-state index is 13.3. The molecule has 2 N–H and O–H groups in total. The first kappa shape index (κ1) is 23.6. The van der Waals surface area contributed by atoms with Crippen LogP contribution in [0.1, 0.15) is 12.0 Å². The van der Waals surface area contributed by atoms with Crippen LogP contribution in [0, 0.1) is 0 Å². The molecule has 1 unspecified atom stereocenters. The Labute approximate surface area is 203 Å². The summed E-state index contributed by atoms with van der Waals surface area (Å²) >= 11 is 0. The molecule has 0 bridgehead atoms. The fraction of sp³-hybridized carbons (Fsp3) is 0.148. The highest BCUT2D eigenvalue weighted by molar-refractivity contribution is 6.16. The van der Waals surface area contributed by atoms with Crippen LogP contribution < -0.4 is 25.0 Å². The zero-order chi connectivity index (χ0) is 24.8. The first-order valence-corrected chi connectivity index (χ1v) is 11.0. The number of carbonyl (C=O) groups excluding carboxylic acids is 3. The molecule has 1 heterocycles. The highest BCUT2D eigenvalue weighted by Gasteiger charge is 2.37. The van der Waals surface area contributed by atoms with Gasteiger partial charge in [-0.2, -0.15) is 0 Å². The van der Waals surface area contributed by atoms with E-state index in [1.807, 2.05) is 12.1 Å². The molecule has 0 aliphatic carbocycles. The number of rotatable bonds is 7. The van der Waals surface area contributed by atoms with Crippen LogP contribution in [0.5, 0.6) is 11.5 Å². The molecule has 3 amide bonds. The van der Waals surface area contributed by atoms with E-state index < -0.39 is 23.8 Å². The molecule has 0 fully saturated rings. The van der Waals surface area contributed by atoms with Crippen molar-refractivity contribution in [3.8, 4) is 11.5 Å². The number of nitrogens with zero attached hydrogens (tertiary/aromatic N) is 1. The number of anilines is 3. The van der Waals surface area contributed by atoms with Crippen LogP contribution in [-0.4, -0.2) is 38.0 Å². The Kier molecular flexibility index (Phi) is 7.11. The van der Waals surface area contributed by atoms with Gasteiger partial charge in [-0.3, -0.25) is 19.3 Å². The minimum atomic E-state index is -1.02. The Bertz CT molecular complexity index is 1250. The number of ether oxygens (including phenoxy) is 2. The van der Waals surface area contributed by atoms with E-state index in [1.54, 1.807) is 81.0 Å². The van der Waals surface area contributed by atoms with Crippen molar-refractivity contribution in [2.45, 2.75) is 12.5 Å². The van der Waals surface area contributed by atoms with Gasteiger partial charge in [0.05, 0.1) is 32.0 Å². The summed E-state index contributed by atoms with van der Waals surface area (Å²) in [5, 5.41) is 5.57. The summed E-state index contributed by atoms with van der Waals surface area (Å²) in [4.78, 5) is 40.4. The fourth-order valence-corrected chi connectivity index (χ4v) is 3.77. The molecule has 0 radical (unpaired) electrons. The van der Waals surface area contributed by atoms with Gasteiger partial charge in [0.1, 0.15) is 17.5 Å². The van der Waals surface area contributed by atoms with Crippen LogP contribution in [0.3, 0.4) is 0 Å². The number of carbonyl (C=O) groups is 3. The Morgan fingerprint density at radius 1 is 0.943 bits per heavy atom. The van der Waals surface area contributed by atoms with E-state index in [-0.39, 0.29) is 6.42 Å². The second kappa shape index (κ2) is 10.6. The van der Waals surface area contributed by atoms with Crippen molar-refractivity contribution in [2.75, 3.05) is 29.8 Å². The normalized spacial score (nSPS) is 14.7. The minimum Gasteiger partial charge on any atom is -0.497 e. The van der Waals surface area contributed by atoms with Gasteiger partial charge in [0, 0.05) is 11.8 Å². The van der Waals surface area contributed by atoms with Crippen molar-refractivity contribution in [3.63, 3.8) is 0 Å². The first-order chi connectivity index (χ1) is 17.0. The molecule has 4 rings (SSSR count). The standard InChI is InChI=1S/C27H25N3O5/c1-34-20-12-7-18(8-13-20)9-16-26(32)30-23-6-4-3-5-22(23)29-27(33)24(30)17-25(31)28-19-10-14-21(35-2)15-11-19/h3-16,24H,17H2,1-2H3,(H,28,31)(H,29,33). The minimum absolute atomic E-state index is 0.214. The van der Waals surface area contributed by atoms with Crippen molar-refractivity contribution in [1.82, 2.24) is 0 Å². The number of hydrogen-bond donors (Lipinski definition) is 2. The molecule has 1 aliphatic rings. The third-order valence-electron chi connectivity index (χ3n) is 5.56. The van der Waals surface area contributed by atoms with Gasteiger partial charge in [0.15, 0.2) is 0 Å². The van der Waals surface area contributed by atoms with Crippen molar-refractivity contribution in [3.05, 3.63) is 84.4 Å². The van der Waals surface area contributed by atoms with Crippen molar-refractivity contribution < 1.29 is 23.9 Å². The molecule has 3 aromatic carbocycles. The maximum Gasteiger partial charge on any atom is 0.251 e. The molecule has 35 heavy (non-hydrogen) atoms. The molecular weight excluding hydrogens is 446 g/mol. The Hall–Kier alpha value is -4.59. The summed E-state index contributed by atoms with van der Waals surface area (Å²) in [6.45, 7) is 0. The summed E-state index contributed by atoms with van der Waals surface area (Å²) in [5.74, 6) is 0.126. The lowest BCUT2D eigenvalue weighted by Crippen LogP contribution is -2.52. The number of fused-ring (bicyclic) bond motifs is 1. The average Bonchev–Trinajstić information content (AvgIpc) is 2.88. The van der Waals surface area contributed by atoms with E-state index >= 15 is 0 Å². The maximum absolute atomic E-state index is 13.3. The van der Waals surface area contributed by atoms with E-state index in [2.05, 4.69) is 10.6 Å². The van der Waals surface area contributed by atoms with E-state index in [1.165, 1.54) is 11.0 Å². The monoisotopic (exact) mass is 471 g/mol. The predicted octanol–water partition coefficient (Wildman–Crippen LogP) is 4.10. The van der Waals surface area contributed by atoms with Crippen LogP contribution >= 0.6 is 0 Å². The summed E-state index contributed by atoms with van der Waals surface area (Å²) < 4.78 is 10.3. The second-order valence-electron chi connectivity index (χ2n) is 7.82. The molecular formula is C27H25N3O5. The van der Waals surface area contributed by atoms with Gasteiger partial charge in [0.2, 0.25) is 11.8 Å². The molecule has 8 heteroatoms. The quantitative estimate of drug-likeness (QED) is 0.506. The van der Waals surface area contributed by atoms with Crippen LogP contribution in [0.25, 0.3) is 6.08 Å². The Morgan fingerprint density at radius 2 is 1.57 bits per heavy atom. The van der Waals surface area contributed by atoms with Gasteiger partial charge in [-0.05, 0) is 60.2 Å². The van der Waals surface area contributed by atoms with Crippen LogP contribution in [0.15, 0.2) is 78.9 Å². The number of methoxy groups -OCH3 is 2. The number of benzene rings is 3. The molecule has 3 aromatic rings. The van der Waals surface area contributed by atoms with Crippen molar-refractivity contribution >= 4 is 40.9 Å². The van der Waals surface area contributed by atoms with E-state index in [4.69, 9.17) is 9.47 Å². The molecule has 0 spiro atoms. The highest BCUT2D eigenvalue weighted by atomic mass is 16.5. The zero-order valence-corrected chi connectivity index (χ0v) is 19.4. The molecule has 1 atom stereocenters. The second-order valence-corrected chi connectivity index (χ2v) is 7.82. The number of amides is 3. The third kappa shape index (κ3) is 5.50. The fourth-order valence-electron chi connectivity index (χ4n) is 3.77. The Balaban J connectivity index is 1.56. The topological polar surface area (TPSA) is 97.0 Å². The summed E-state index contributed by atoms with van der Waals surface area (Å²) in [6, 6.07) is 20.1. The zero-order valence-electron chi connectivity index (χ0n) is 19.4. The van der Waals surface area contributed by atoms with E-state index in [0.29, 0.717) is 28.6 Å². The van der Waals surface area contributed by atoms with Gasteiger partial charge in [-0.15, -0.1) is 0 Å². The van der Waals surface area contributed by atoms with Crippen LogP contribution in [-0.2, 0) is 14.4 Å². The lowest BCUT2D eigenvalue weighted by atomic mass is 10.0.